The molecule has 2 aromatic heterocycles. The van der Waals surface area contributed by atoms with Gasteiger partial charge in [0.25, 0.3) is 5.56 Å². The van der Waals surface area contributed by atoms with Crippen LogP contribution in [0.4, 0.5) is 18.9 Å². The second kappa shape index (κ2) is 6.45. The molecule has 2 unspecified atom stereocenters. The molecule has 152 valence electrons. The lowest BCUT2D eigenvalue weighted by atomic mass is 9.83. The van der Waals surface area contributed by atoms with E-state index in [9.17, 15) is 18.0 Å². The average molecular weight is 411 g/mol. The molecule has 5 rings (SSSR count). The fraction of sp³-hybridized carbons (Fsp3) is 0.190. The van der Waals surface area contributed by atoms with Crippen LogP contribution in [0.3, 0.4) is 0 Å². The van der Waals surface area contributed by atoms with Gasteiger partial charge in [-0.1, -0.05) is 18.2 Å². The van der Waals surface area contributed by atoms with Gasteiger partial charge in [0, 0.05) is 30.5 Å². The van der Waals surface area contributed by atoms with E-state index in [0.717, 1.165) is 12.1 Å². The summed E-state index contributed by atoms with van der Waals surface area (Å²) in [6, 6.07) is 9.96. The lowest BCUT2D eigenvalue weighted by Gasteiger charge is -2.34. The van der Waals surface area contributed by atoms with E-state index in [1.165, 1.54) is 12.1 Å². The van der Waals surface area contributed by atoms with Crippen LogP contribution in [0.5, 0.6) is 0 Å². The third-order valence-corrected chi connectivity index (χ3v) is 5.52. The number of halogens is 3. The highest BCUT2D eigenvalue weighted by Gasteiger charge is 2.37. The summed E-state index contributed by atoms with van der Waals surface area (Å²) >= 11 is 0. The van der Waals surface area contributed by atoms with Crippen molar-refractivity contribution in [1.29, 1.82) is 0 Å². The van der Waals surface area contributed by atoms with Crippen LogP contribution in [-0.4, -0.2) is 19.7 Å². The second-order valence-electron chi connectivity index (χ2n) is 7.28. The number of imidazole rings is 1. The van der Waals surface area contributed by atoms with E-state index in [0.29, 0.717) is 33.5 Å². The van der Waals surface area contributed by atoms with Crippen molar-refractivity contribution in [2.24, 2.45) is 7.05 Å². The number of nitrogens with one attached hydrogen (secondary N) is 2. The Morgan fingerprint density at radius 1 is 1.10 bits per heavy atom. The lowest BCUT2D eigenvalue weighted by molar-refractivity contribution is -0.137. The number of nitrogens with zero attached hydrogens (tertiary/aromatic N) is 3. The van der Waals surface area contributed by atoms with Crippen LogP contribution in [0.1, 0.15) is 34.6 Å². The Morgan fingerprint density at radius 3 is 2.53 bits per heavy atom. The van der Waals surface area contributed by atoms with Crippen LogP contribution in [0.15, 0.2) is 59.7 Å². The molecule has 0 saturated heterocycles. The molecule has 0 radical (unpaired) electrons. The number of aromatic nitrogens is 4. The zero-order valence-electron chi connectivity index (χ0n) is 15.7. The topological polar surface area (TPSA) is 75.6 Å². The summed E-state index contributed by atoms with van der Waals surface area (Å²) in [6.45, 7) is 0. The van der Waals surface area contributed by atoms with Crippen molar-refractivity contribution in [2.75, 3.05) is 5.32 Å². The first-order valence-corrected chi connectivity index (χ1v) is 9.27. The van der Waals surface area contributed by atoms with Gasteiger partial charge >= 0.3 is 6.18 Å². The summed E-state index contributed by atoms with van der Waals surface area (Å²) in [5.74, 6) is 0.263. The number of hydrogen-bond donors (Lipinski definition) is 2. The van der Waals surface area contributed by atoms with Crippen LogP contribution >= 0.6 is 0 Å². The molecule has 4 aromatic rings. The van der Waals surface area contributed by atoms with Gasteiger partial charge in [-0.2, -0.15) is 18.3 Å². The molecule has 0 spiro atoms. The maximum atomic E-state index is 13.0. The SMILES string of the molecule is Cn1ccnc1C1c2n[nH]c(=O)c3cccc(c23)NC1c1ccc(C(F)(F)F)cc1. The Morgan fingerprint density at radius 2 is 1.87 bits per heavy atom. The Bertz CT molecular complexity index is 1310. The van der Waals surface area contributed by atoms with Crippen molar-refractivity contribution in [3.05, 3.63) is 87.9 Å². The van der Waals surface area contributed by atoms with E-state index >= 15 is 0 Å². The van der Waals surface area contributed by atoms with Crippen LogP contribution in [0.2, 0.25) is 0 Å². The molecule has 0 fully saturated rings. The van der Waals surface area contributed by atoms with Crippen LogP contribution in [0, 0.1) is 0 Å². The van der Waals surface area contributed by atoms with Crippen molar-refractivity contribution >= 4 is 16.5 Å². The molecule has 1 aliphatic heterocycles. The van der Waals surface area contributed by atoms with E-state index in [1.807, 2.05) is 17.7 Å². The van der Waals surface area contributed by atoms with E-state index in [1.54, 1.807) is 24.5 Å². The minimum absolute atomic E-state index is 0.302. The summed E-state index contributed by atoms with van der Waals surface area (Å²) in [6.07, 6.45) is -0.956. The van der Waals surface area contributed by atoms with Crippen molar-refractivity contribution in [2.45, 2.75) is 18.1 Å². The highest BCUT2D eigenvalue weighted by Crippen LogP contribution is 2.46. The van der Waals surface area contributed by atoms with E-state index in [4.69, 9.17) is 0 Å². The highest BCUT2D eigenvalue weighted by atomic mass is 19.4. The zero-order chi connectivity index (χ0) is 21.0. The van der Waals surface area contributed by atoms with Crippen molar-refractivity contribution in [3.8, 4) is 0 Å². The summed E-state index contributed by atoms with van der Waals surface area (Å²) < 4.78 is 40.9. The molecule has 3 heterocycles. The summed E-state index contributed by atoms with van der Waals surface area (Å²) in [5.41, 5.74) is 0.978. The average Bonchev–Trinajstić information content (AvgIpc) is 3.15. The fourth-order valence-corrected chi connectivity index (χ4v) is 4.10. The smallest absolute Gasteiger partial charge is 0.377 e. The summed E-state index contributed by atoms with van der Waals surface area (Å²) in [5, 5.41) is 11.5. The largest absolute Gasteiger partial charge is 0.416 e. The standard InChI is InChI=1S/C21H16F3N5O/c1-29-10-9-25-19(29)16-17(11-5-7-12(8-6-11)21(22,23)24)26-14-4-2-3-13-15(14)18(16)27-28-20(13)30/h2-10,16-17,26H,1H3,(H,28,30). The van der Waals surface area contributed by atoms with Gasteiger partial charge in [-0.15, -0.1) is 0 Å². The number of anilines is 1. The molecule has 0 amide bonds. The zero-order valence-corrected chi connectivity index (χ0v) is 15.7. The Balaban J connectivity index is 1.73. The van der Waals surface area contributed by atoms with E-state index in [2.05, 4.69) is 20.5 Å². The third kappa shape index (κ3) is 2.77. The maximum Gasteiger partial charge on any atom is 0.416 e. The number of aryl methyl sites for hydroxylation is 1. The van der Waals surface area contributed by atoms with Crippen molar-refractivity contribution in [3.63, 3.8) is 0 Å². The number of alkyl halides is 3. The molecule has 0 bridgehead atoms. The monoisotopic (exact) mass is 411 g/mol. The Kier molecular flexibility index (Phi) is 3.96. The fourth-order valence-electron chi connectivity index (χ4n) is 4.10. The first-order valence-electron chi connectivity index (χ1n) is 9.27. The molecular formula is C21H16F3N5O. The molecule has 0 aliphatic carbocycles. The first-order chi connectivity index (χ1) is 14.3. The van der Waals surface area contributed by atoms with E-state index in [-0.39, 0.29) is 5.56 Å². The van der Waals surface area contributed by atoms with E-state index < -0.39 is 23.7 Å². The van der Waals surface area contributed by atoms with Gasteiger partial charge in [0.05, 0.1) is 28.6 Å². The summed E-state index contributed by atoms with van der Waals surface area (Å²) in [4.78, 5) is 16.8. The second-order valence-corrected chi connectivity index (χ2v) is 7.28. The predicted octanol–water partition coefficient (Wildman–Crippen LogP) is 3.97. The molecule has 2 atom stereocenters. The minimum Gasteiger partial charge on any atom is -0.377 e. The van der Waals surface area contributed by atoms with Crippen molar-refractivity contribution < 1.29 is 13.2 Å². The van der Waals surface area contributed by atoms with Crippen LogP contribution in [-0.2, 0) is 13.2 Å². The number of rotatable bonds is 2. The van der Waals surface area contributed by atoms with Crippen LogP contribution in [0.25, 0.3) is 10.8 Å². The first kappa shape index (κ1) is 18.4. The molecule has 9 heteroatoms. The van der Waals surface area contributed by atoms with Gasteiger partial charge < -0.3 is 9.88 Å². The number of hydrogen-bond acceptors (Lipinski definition) is 4. The number of aromatic amines is 1. The Labute approximate surface area is 168 Å². The van der Waals surface area contributed by atoms with Gasteiger partial charge in [-0.05, 0) is 29.8 Å². The summed E-state index contributed by atoms with van der Waals surface area (Å²) in [7, 11) is 1.84. The number of H-pyrrole nitrogens is 1. The molecule has 2 N–H and O–H groups in total. The molecule has 0 saturated carbocycles. The minimum atomic E-state index is -4.41. The Hall–Kier alpha value is -3.62. The maximum absolute atomic E-state index is 13.0. The molecule has 1 aliphatic rings. The normalized spacial score (nSPS) is 18.4. The van der Waals surface area contributed by atoms with Crippen molar-refractivity contribution in [1.82, 2.24) is 19.7 Å². The predicted molar refractivity (Wildman–Crippen MR) is 105 cm³/mol. The molecule has 6 nitrogen and oxygen atoms in total. The van der Waals surface area contributed by atoms with Gasteiger partial charge in [0.2, 0.25) is 0 Å². The van der Waals surface area contributed by atoms with Crippen LogP contribution < -0.4 is 10.9 Å². The van der Waals surface area contributed by atoms with Gasteiger partial charge in [-0.25, -0.2) is 10.1 Å². The van der Waals surface area contributed by atoms with Gasteiger partial charge in [0.1, 0.15) is 5.82 Å². The molecular weight excluding hydrogens is 395 g/mol. The number of benzene rings is 2. The van der Waals surface area contributed by atoms with Gasteiger partial charge in [0.15, 0.2) is 0 Å². The molecule has 30 heavy (non-hydrogen) atoms. The highest BCUT2D eigenvalue weighted by molar-refractivity contribution is 5.97. The quantitative estimate of drug-likeness (QED) is 0.523. The lowest BCUT2D eigenvalue weighted by Crippen LogP contribution is -2.29. The van der Waals surface area contributed by atoms with Gasteiger partial charge in [-0.3, -0.25) is 4.79 Å². The molecule has 2 aromatic carbocycles. The third-order valence-electron chi connectivity index (χ3n) is 5.52.